The van der Waals surface area contributed by atoms with Gasteiger partial charge in [0.15, 0.2) is 0 Å². The van der Waals surface area contributed by atoms with Crippen LogP contribution in [0.3, 0.4) is 0 Å². The Labute approximate surface area is 201 Å². The molecule has 0 N–H and O–H groups in total. The molecule has 0 aliphatic rings. The summed E-state index contributed by atoms with van der Waals surface area (Å²) >= 11 is 0. The summed E-state index contributed by atoms with van der Waals surface area (Å²) in [6.07, 6.45) is 1.04. The largest absolute Gasteiger partial charge is 0.0776 e. The van der Waals surface area contributed by atoms with E-state index in [-0.39, 0.29) is 7.43 Å². The van der Waals surface area contributed by atoms with Crippen molar-refractivity contribution in [2.75, 3.05) is 0 Å². The van der Waals surface area contributed by atoms with Crippen molar-refractivity contribution in [2.24, 2.45) is 0 Å². The summed E-state index contributed by atoms with van der Waals surface area (Å²) in [5.74, 6) is 1.07. The lowest BCUT2D eigenvalue weighted by atomic mass is 9.78. The molecule has 3 unspecified atom stereocenters. The van der Waals surface area contributed by atoms with Gasteiger partial charge in [0.2, 0.25) is 0 Å². The van der Waals surface area contributed by atoms with Gasteiger partial charge in [-0.2, -0.15) is 0 Å². The predicted molar refractivity (Wildman–Crippen MR) is 144 cm³/mol. The minimum absolute atomic E-state index is 0. The van der Waals surface area contributed by atoms with Crippen LogP contribution >= 0.6 is 0 Å². The SMILES string of the molecule is C.CCc1c(C(C)c2ccccc2)cc(C(C)c2ccccc2)cc1C(C)c1ccccc1. The van der Waals surface area contributed by atoms with Crippen LogP contribution in [0.15, 0.2) is 103 Å². The van der Waals surface area contributed by atoms with Crippen molar-refractivity contribution in [1.29, 1.82) is 0 Å². The molecule has 0 bridgehead atoms. The molecule has 4 aromatic carbocycles. The van der Waals surface area contributed by atoms with Gasteiger partial charge in [-0.1, -0.05) is 138 Å². The molecule has 0 saturated carbocycles. The summed E-state index contributed by atoms with van der Waals surface area (Å²) in [5, 5.41) is 0. The van der Waals surface area contributed by atoms with Crippen LogP contribution < -0.4 is 0 Å². The molecule has 0 saturated heterocycles. The molecule has 33 heavy (non-hydrogen) atoms. The Morgan fingerprint density at radius 3 is 1.15 bits per heavy atom. The van der Waals surface area contributed by atoms with Gasteiger partial charge >= 0.3 is 0 Å². The second kappa shape index (κ2) is 11.1. The van der Waals surface area contributed by atoms with Crippen LogP contribution in [0, 0.1) is 0 Å². The van der Waals surface area contributed by atoms with Gasteiger partial charge in [0.25, 0.3) is 0 Å². The first-order valence-corrected chi connectivity index (χ1v) is 11.9. The lowest BCUT2D eigenvalue weighted by Crippen LogP contribution is -2.10. The van der Waals surface area contributed by atoms with Crippen LogP contribution in [0.1, 0.15) is 91.8 Å². The average molecular weight is 435 g/mol. The number of hydrogen-bond acceptors (Lipinski definition) is 0. The molecule has 0 heteroatoms. The van der Waals surface area contributed by atoms with Gasteiger partial charge in [0.05, 0.1) is 0 Å². The molecule has 0 aliphatic heterocycles. The molecule has 0 spiro atoms. The summed E-state index contributed by atoms with van der Waals surface area (Å²) in [4.78, 5) is 0. The second-order valence-corrected chi connectivity index (χ2v) is 8.93. The minimum atomic E-state index is 0. The van der Waals surface area contributed by atoms with Gasteiger partial charge in [-0.3, -0.25) is 0 Å². The highest BCUT2D eigenvalue weighted by Gasteiger charge is 2.22. The smallest absolute Gasteiger partial charge is 0.00639 e. The summed E-state index contributed by atoms with van der Waals surface area (Å²) in [6.45, 7) is 9.36. The number of hydrogen-bond donors (Lipinski definition) is 0. The monoisotopic (exact) mass is 434 g/mol. The Balaban J connectivity index is 0.00000306. The number of rotatable bonds is 7. The van der Waals surface area contributed by atoms with Crippen LogP contribution in [0.2, 0.25) is 0 Å². The van der Waals surface area contributed by atoms with Gasteiger partial charge in [0, 0.05) is 17.8 Å². The van der Waals surface area contributed by atoms with Crippen molar-refractivity contribution in [2.45, 2.75) is 59.3 Å². The molecule has 0 heterocycles. The second-order valence-electron chi connectivity index (χ2n) is 8.93. The van der Waals surface area contributed by atoms with Crippen LogP contribution in [0.4, 0.5) is 0 Å². The van der Waals surface area contributed by atoms with Crippen molar-refractivity contribution < 1.29 is 0 Å². The van der Waals surface area contributed by atoms with Crippen LogP contribution in [0.25, 0.3) is 0 Å². The van der Waals surface area contributed by atoms with Gasteiger partial charge in [0.1, 0.15) is 0 Å². The van der Waals surface area contributed by atoms with Crippen molar-refractivity contribution in [1.82, 2.24) is 0 Å². The van der Waals surface area contributed by atoms with E-state index in [4.69, 9.17) is 0 Å². The van der Waals surface area contributed by atoms with Crippen molar-refractivity contribution in [3.05, 3.63) is 142 Å². The first-order valence-electron chi connectivity index (χ1n) is 11.9. The fourth-order valence-corrected chi connectivity index (χ4v) is 4.95. The lowest BCUT2D eigenvalue weighted by molar-refractivity contribution is 0.824. The molecule has 4 aromatic rings. The zero-order valence-corrected chi connectivity index (χ0v) is 19.8. The summed E-state index contributed by atoms with van der Waals surface area (Å²) < 4.78 is 0. The molecule has 3 atom stereocenters. The normalized spacial score (nSPS) is 13.6. The summed E-state index contributed by atoms with van der Waals surface area (Å²) in [7, 11) is 0. The van der Waals surface area contributed by atoms with Gasteiger partial charge in [-0.15, -0.1) is 0 Å². The third-order valence-electron chi connectivity index (χ3n) is 7.03. The van der Waals surface area contributed by atoms with Crippen LogP contribution in [0.5, 0.6) is 0 Å². The first-order chi connectivity index (χ1) is 15.6. The Bertz CT molecular complexity index is 1060. The zero-order valence-electron chi connectivity index (χ0n) is 19.8. The van der Waals surface area contributed by atoms with E-state index < -0.39 is 0 Å². The lowest BCUT2D eigenvalue weighted by Gasteiger charge is -2.26. The van der Waals surface area contributed by atoms with E-state index in [0.717, 1.165) is 6.42 Å². The Morgan fingerprint density at radius 2 is 0.818 bits per heavy atom. The van der Waals surface area contributed by atoms with E-state index in [0.29, 0.717) is 17.8 Å². The third-order valence-corrected chi connectivity index (χ3v) is 7.03. The Hall–Kier alpha value is -3.12. The fraction of sp³-hybridized carbons (Fsp3) is 0.273. The summed E-state index contributed by atoms with van der Waals surface area (Å²) in [5.41, 5.74) is 9.97. The molecular weight excluding hydrogens is 396 g/mol. The van der Waals surface area contributed by atoms with Gasteiger partial charge < -0.3 is 0 Å². The highest BCUT2D eigenvalue weighted by molar-refractivity contribution is 5.50. The van der Waals surface area contributed by atoms with Gasteiger partial charge in [-0.25, -0.2) is 0 Å². The van der Waals surface area contributed by atoms with E-state index in [1.54, 1.807) is 0 Å². The summed E-state index contributed by atoms with van der Waals surface area (Å²) in [6, 6.07) is 37.7. The molecule has 0 fully saturated rings. The third kappa shape index (κ3) is 5.28. The van der Waals surface area contributed by atoms with Crippen LogP contribution in [-0.2, 0) is 6.42 Å². The molecule has 0 radical (unpaired) electrons. The minimum Gasteiger partial charge on any atom is -0.0776 e. The maximum Gasteiger partial charge on any atom is 0.00639 e. The Morgan fingerprint density at radius 1 is 0.485 bits per heavy atom. The highest BCUT2D eigenvalue weighted by Crippen LogP contribution is 2.38. The standard InChI is InChI=1S/C32H34.CH4/c1-5-30-31(24(3)27-17-11-7-12-18-27)21-29(23(2)26-15-9-6-10-16-26)22-32(30)25(4)28-19-13-8-14-20-28;/h6-25H,5H2,1-4H3;1H4. The molecule has 4 rings (SSSR count). The zero-order chi connectivity index (χ0) is 22.5. The van der Waals surface area contributed by atoms with E-state index in [1.165, 1.54) is 38.9 Å². The van der Waals surface area contributed by atoms with Crippen LogP contribution in [-0.4, -0.2) is 0 Å². The molecule has 0 nitrogen and oxygen atoms in total. The molecule has 0 aliphatic carbocycles. The molecular formula is C33H38. The average Bonchev–Trinajstić information content (AvgIpc) is 2.88. The molecule has 0 amide bonds. The quantitative estimate of drug-likeness (QED) is 0.272. The Kier molecular flexibility index (Phi) is 8.28. The van der Waals surface area contributed by atoms with Crippen molar-refractivity contribution >= 4 is 0 Å². The fourth-order valence-electron chi connectivity index (χ4n) is 4.95. The number of benzene rings is 4. The van der Waals surface area contributed by atoms with Crippen molar-refractivity contribution in [3.63, 3.8) is 0 Å². The molecule has 170 valence electrons. The topological polar surface area (TPSA) is 0 Å². The first kappa shape index (κ1) is 24.5. The van der Waals surface area contributed by atoms with Gasteiger partial charge in [-0.05, 0) is 45.4 Å². The maximum absolute atomic E-state index is 2.48. The van der Waals surface area contributed by atoms with E-state index >= 15 is 0 Å². The van der Waals surface area contributed by atoms with E-state index in [9.17, 15) is 0 Å². The highest BCUT2D eigenvalue weighted by atomic mass is 14.3. The maximum atomic E-state index is 2.48. The molecule has 0 aromatic heterocycles. The predicted octanol–water partition coefficient (Wildman–Crippen LogP) is 9.34. The van der Waals surface area contributed by atoms with Crippen molar-refractivity contribution in [3.8, 4) is 0 Å². The van der Waals surface area contributed by atoms with E-state index in [1.807, 2.05) is 0 Å². The van der Waals surface area contributed by atoms with E-state index in [2.05, 4.69) is 131 Å².